The number of benzene rings is 1. The second-order valence-electron chi connectivity index (χ2n) is 4.96. The first-order valence-corrected chi connectivity index (χ1v) is 6.92. The van der Waals surface area contributed by atoms with E-state index in [0.29, 0.717) is 5.69 Å². The number of amides is 1. The quantitative estimate of drug-likeness (QED) is 0.470. The number of nitrogens with two attached hydrogens (primary N) is 2. The molecule has 24 heavy (non-hydrogen) atoms. The average Bonchev–Trinajstić information content (AvgIpc) is 3.06. The number of aromatic amines is 1. The molecule has 0 aliphatic carbocycles. The minimum absolute atomic E-state index is 0.158. The fraction of sp³-hybridized carbons (Fsp3) is 0.200. The fourth-order valence-corrected chi connectivity index (χ4v) is 2.15. The molecule has 0 unspecified atom stereocenters. The number of anilines is 2. The molecule has 0 spiro atoms. The van der Waals surface area contributed by atoms with Crippen molar-refractivity contribution in [1.82, 2.24) is 15.3 Å². The summed E-state index contributed by atoms with van der Waals surface area (Å²) in [5.74, 6) is -1.13. The van der Waals surface area contributed by atoms with Crippen molar-refractivity contribution in [2.45, 2.75) is 12.5 Å². The first-order chi connectivity index (χ1) is 11.5. The van der Waals surface area contributed by atoms with Crippen LogP contribution in [0.4, 0.5) is 17.1 Å². The maximum atomic E-state index is 12.4. The molecule has 0 saturated carbocycles. The molecule has 6 N–H and O–H groups in total. The molecule has 9 heteroatoms. The minimum Gasteiger partial charge on any atom is -0.467 e. The first-order valence-electron chi connectivity index (χ1n) is 6.92. The average molecular weight is 329 g/mol. The summed E-state index contributed by atoms with van der Waals surface area (Å²) in [7, 11) is 1.24. The van der Waals surface area contributed by atoms with Crippen molar-refractivity contribution >= 4 is 28.9 Å². The van der Waals surface area contributed by atoms with Crippen LogP contribution in [0.3, 0.4) is 0 Å². The molecular formula is C15H17N6O3+. The van der Waals surface area contributed by atoms with E-state index in [1.807, 2.05) is 0 Å². The summed E-state index contributed by atoms with van der Waals surface area (Å²) in [4.78, 5) is 34.5. The van der Waals surface area contributed by atoms with Gasteiger partial charge in [-0.1, -0.05) is 0 Å². The van der Waals surface area contributed by atoms with Gasteiger partial charge in [-0.3, -0.25) is 4.79 Å². The number of rotatable bonds is 5. The normalized spacial score (nSPS) is 11.3. The van der Waals surface area contributed by atoms with Crippen molar-refractivity contribution in [1.29, 1.82) is 0 Å². The van der Waals surface area contributed by atoms with Crippen molar-refractivity contribution in [3.8, 4) is 6.57 Å². The lowest BCUT2D eigenvalue weighted by atomic mass is 10.1. The van der Waals surface area contributed by atoms with E-state index in [9.17, 15) is 9.59 Å². The van der Waals surface area contributed by atoms with Gasteiger partial charge >= 0.3 is 11.7 Å². The Labute approximate surface area is 137 Å². The highest BCUT2D eigenvalue weighted by molar-refractivity contribution is 6.00. The van der Waals surface area contributed by atoms with Gasteiger partial charge in [-0.25, -0.2) is 9.78 Å². The third kappa shape index (κ3) is 3.61. The molecule has 2 aromatic rings. The number of carbonyl (C=O) groups excluding carboxylic acids is 2. The molecule has 0 saturated heterocycles. The number of nitrogens with zero attached hydrogens (tertiary/aromatic N) is 2. The van der Waals surface area contributed by atoms with Crippen LogP contribution >= 0.6 is 0 Å². The first kappa shape index (κ1) is 16.8. The molecule has 1 heterocycles. The van der Waals surface area contributed by atoms with E-state index in [-0.39, 0.29) is 29.0 Å². The number of nitrogens with one attached hydrogen (secondary N) is 2. The van der Waals surface area contributed by atoms with E-state index in [4.69, 9.17) is 22.8 Å². The van der Waals surface area contributed by atoms with Gasteiger partial charge in [-0.15, -0.1) is 0 Å². The van der Waals surface area contributed by atoms with Crippen LogP contribution in [0.1, 0.15) is 16.1 Å². The number of nitrogen functional groups attached to an aromatic ring is 2. The second-order valence-corrected chi connectivity index (χ2v) is 4.96. The van der Waals surface area contributed by atoms with E-state index in [2.05, 4.69) is 20.1 Å². The molecule has 2 rings (SSSR count). The summed E-state index contributed by atoms with van der Waals surface area (Å²) >= 11 is 0. The van der Waals surface area contributed by atoms with Crippen molar-refractivity contribution < 1.29 is 14.3 Å². The van der Waals surface area contributed by atoms with Gasteiger partial charge < -0.3 is 26.5 Å². The summed E-state index contributed by atoms with van der Waals surface area (Å²) in [5, 5.41) is 2.58. The SMILES string of the molecule is C#[N+]c1c(N)cc(C(=O)N[C@H](Cc2cnc[nH]2)C(=O)OC)cc1N. The number of hydrogen-bond donors (Lipinski definition) is 4. The number of H-pyrrole nitrogens is 1. The highest BCUT2D eigenvalue weighted by Gasteiger charge is 2.25. The Morgan fingerprint density at radius 3 is 2.58 bits per heavy atom. The monoisotopic (exact) mass is 329 g/mol. The molecule has 1 amide bonds. The smallest absolute Gasteiger partial charge is 0.385 e. The van der Waals surface area contributed by atoms with Crippen LogP contribution in [0.15, 0.2) is 24.7 Å². The molecule has 1 aromatic heterocycles. The largest absolute Gasteiger partial charge is 0.467 e. The number of ether oxygens (including phenoxy) is 1. The molecule has 0 radical (unpaired) electrons. The standard InChI is InChI=1S/C15H16N6O3/c1-18-13-10(16)3-8(4-11(13)17)14(22)21-12(15(23)24-2)5-9-6-19-7-20-9/h1,3-4,6-7,12H,5,16-17H2,2H3,(H-,19,20,21,22)/p+1/t12-/m1/s1. The van der Waals surface area contributed by atoms with Crippen LogP contribution in [0.5, 0.6) is 0 Å². The minimum atomic E-state index is -0.899. The van der Waals surface area contributed by atoms with Crippen molar-refractivity contribution in [2.24, 2.45) is 0 Å². The lowest BCUT2D eigenvalue weighted by Crippen LogP contribution is -2.43. The van der Waals surface area contributed by atoms with Gasteiger partial charge in [0, 0.05) is 23.9 Å². The zero-order chi connectivity index (χ0) is 17.7. The molecule has 0 aliphatic rings. The summed E-state index contributed by atoms with van der Waals surface area (Å²) in [6, 6.07) is 1.85. The van der Waals surface area contributed by atoms with Gasteiger partial charge in [0.1, 0.15) is 17.4 Å². The lowest BCUT2D eigenvalue weighted by Gasteiger charge is -2.16. The van der Waals surface area contributed by atoms with Crippen LogP contribution in [-0.2, 0) is 16.0 Å². The van der Waals surface area contributed by atoms with Gasteiger partial charge in [-0.2, -0.15) is 0 Å². The van der Waals surface area contributed by atoms with Crippen LogP contribution in [0.25, 0.3) is 4.85 Å². The van der Waals surface area contributed by atoms with Gasteiger partial charge in [0.05, 0.1) is 13.4 Å². The summed E-state index contributed by atoms with van der Waals surface area (Å²) in [5.41, 5.74) is 12.9. The number of hydrogen-bond acceptors (Lipinski definition) is 6. The zero-order valence-corrected chi connectivity index (χ0v) is 12.9. The maximum absolute atomic E-state index is 12.4. The van der Waals surface area contributed by atoms with Gasteiger partial charge in [0.25, 0.3) is 12.5 Å². The van der Waals surface area contributed by atoms with Crippen molar-refractivity contribution in [2.75, 3.05) is 18.6 Å². The van der Waals surface area contributed by atoms with E-state index in [1.54, 1.807) is 6.20 Å². The highest BCUT2D eigenvalue weighted by atomic mass is 16.5. The zero-order valence-electron chi connectivity index (χ0n) is 12.9. The van der Waals surface area contributed by atoms with E-state index < -0.39 is 17.9 Å². The molecule has 0 fully saturated rings. The molecule has 1 aromatic carbocycles. The molecular weight excluding hydrogens is 312 g/mol. The van der Waals surface area contributed by atoms with Gasteiger partial charge in [0.15, 0.2) is 0 Å². The fourth-order valence-electron chi connectivity index (χ4n) is 2.15. The number of imidazole rings is 1. The predicted molar refractivity (Wildman–Crippen MR) is 88.8 cm³/mol. The second kappa shape index (κ2) is 7.15. The number of methoxy groups -OCH3 is 1. The van der Waals surface area contributed by atoms with Gasteiger partial charge in [0.2, 0.25) is 0 Å². The Bertz CT molecular complexity index is 771. The predicted octanol–water partition coefficient (Wildman–Crippen LogP) is 0.682. The Hall–Kier alpha value is -3.54. The Balaban J connectivity index is 2.21. The number of carbonyl (C=O) groups is 2. The number of esters is 1. The Morgan fingerprint density at radius 1 is 1.42 bits per heavy atom. The van der Waals surface area contributed by atoms with Crippen LogP contribution < -0.4 is 16.8 Å². The van der Waals surface area contributed by atoms with E-state index >= 15 is 0 Å². The topological polar surface area (TPSA) is 140 Å². The molecule has 124 valence electrons. The van der Waals surface area contributed by atoms with Crippen LogP contribution in [-0.4, -0.2) is 35.0 Å². The van der Waals surface area contributed by atoms with Gasteiger partial charge in [-0.05, 0) is 17.0 Å². The van der Waals surface area contributed by atoms with Crippen LogP contribution in [0, 0.1) is 6.57 Å². The summed E-state index contributed by atoms with van der Waals surface area (Å²) < 4.78 is 4.71. The molecule has 0 aliphatic heterocycles. The third-order valence-corrected chi connectivity index (χ3v) is 3.33. The molecule has 1 atom stereocenters. The summed E-state index contributed by atoms with van der Waals surface area (Å²) in [6.07, 6.45) is 3.22. The molecule has 9 nitrogen and oxygen atoms in total. The van der Waals surface area contributed by atoms with E-state index in [0.717, 1.165) is 0 Å². The lowest BCUT2D eigenvalue weighted by molar-refractivity contribution is -0.142. The number of aromatic nitrogens is 2. The van der Waals surface area contributed by atoms with Crippen molar-refractivity contribution in [3.63, 3.8) is 0 Å². The van der Waals surface area contributed by atoms with Crippen LogP contribution in [0.2, 0.25) is 0 Å². The van der Waals surface area contributed by atoms with E-state index in [1.165, 1.54) is 25.6 Å². The third-order valence-electron chi connectivity index (χ3n) is 3.33. The maximum Gasteiger partial charge on any atom is 0.385 e. The highest BCUT2D eigenvalue weighted by Crippen LogP contribution is 2.30. The van der Waals surface area contributed by atoms with Crippen molar-refractivity contribution in [3.05, 3.63) is 40.8 Å². The molecule has 0 bridgehead atoms. The summed E-state index contributed by atoms with van der Waals surface area (Å²) in [6.45, 7) is 5.19. The Kier molecular flexibility index (Phi) is 5.01. The Morgan fingerprint density at radius 2 is 2.08 bits per heavy atom.